The van der Waals surface area contributed by atoms with E-state index in [4.69, 9.17) is 9.47 Å². The van der Waals surface area contributed by atoms with E-state index in [2.05, 4.69) is 18.6 Å². The van der Waals surface area contributed by atoms with Gasteiger partial charge in [-0.2, -0.15) is 0 Å². The van der Waals surface area contributed by atoms with E-state index in [9.17, 15) is 9.00 Å². The van der Waals surface area contributed by atoms with E-state index in [1.807, 2.05) is 20.8 Å². The van der Waals surface area contributed by atoms with Crippen LogP contribution < -0.4 is 4.72 Å². The lowest BCUT2D eigenvalue weighted by Crippen LogP contribution is -2.53. The Hall–Kier alpha value is -0.790. The molecular weight excluding hydrogens is 328 g/mol. The van der Waals surface area contributed by atoms with Gasteiger partial charge in [-0.05, 0) is 50.7 Å². The van der Waals surface area contributed by atoms with E-state index < -0.39 is 5.60 Å². The summed E-state index contributed by atoms with van der Waals surface area (Å²) in [5.41, 5.74) is -0.538. The summed E-state index contributed by atoms with van der Waals surface area (Å²) < 4.78 is 25.7. The highest BCUT2D eigenvalue weighted by Crippen LogP contribution is 2.43. The zero-order chi connectivity index (χ0) is 18.0. The first-order valence-electron chi connectivity index (χ1n) is 8.81. The van der Waals surface area contributed by atoms with Gasteiger partial charge in [-0.15, -0.1) is 0 Å². The molecule has 7 heteroatoms. The quantitative estimate of drug-likeness (QED) is 0.619. The van der Waals surface area contributed by atoms with E-state index >= 15 is 0 Å². The molecule has 2 rings (SSSR count). The van der Waals surface area contributed by atoms with E-state index in [0.29, 0.717) is 37.5 Å². The maximum absolute atomic E-state index is 12.2. The molecular formula is C17H31N2O4S+. The zero-order valence-corrected chi connectivity index (χ0v) is 16.3. The summed E-state index contributed by atoms with van der Waals surface area (Å²) >= 11 is 0.427. The van der Waals surface area contributed by atoms with Crippen LogP contribution in [0.5, 0.6) is 0 Å². The Labute approximate surface area is 149 Å². The largest absolute Gasteiger partial charge is 0.587 e. The summed E-state index contributed by atoms with van der Waals surface area (Å²) in [5.74, 6) is 0.521. The number of piperidine rings is 1. The Balaban J connectivity index is 2.00. The molecule has 2 aliphatic heterocycles. The van der Waals surface area contributed by atoms with Crippen LogP contribution in [0.15, 0.2) is 0 Å². The number of nitrogens with one attached hydrogen (secondary N) is 1. The number of amides is 1. The Bertz CT molecular complexity index is 456. The number of nitrogens with zero attached hydrogens (tertiary/aromatic N) is 1. The first-order valence-corrected chi connectivity index (χ1v) is 9.55. The highest BCUT2D eigenvalue weighted by Gasteiger charge is 2.53. The molecule has 1 N–H and O–H groups in total. The maximum Gasteiger partial charge on any atom is 0.587 e. The lowest BCUT2D eigenvalue weighted by atomic mass is 9.72. The van der Waals surface area contributed by atoms with Crippen LogP contribution in [0.25, 0.3) is 0 Å². The second kappa shape index (κ2) is 7.62. The van der Waals surface area contributed by atoms with Gasteiger partial charge in [0.2, 0.25) is 0 Å². The first kappa shape index (κ1) is 19.5. The molecule has 2 atom stereocenters. The van der Waals surface area contributed by atoms with Crippen molar-refractivity contribution in [2.24, 2.45) is 11.3 Å². The van der Waals surface area contributed by atoms with Crippen molar-refractivity contribution in [3.05, 3.63) is 0 Å². The predicted octanol–water partition coefficient (Wildman–Crippen LogP) is 2.75. The Kier molecular flexibility index (Phi) is 6.20. The first-order chi connectivity index (χ1) is 11.2. The molecule has 0 saturated carbocycles. The SMILES string of the molecule is CC(C)CC1OCC2(CCN(C(=O)OC(C)(C)C)CC2)[C@@H]1N[S+]=O. The van der Waals surface area contributed by atoms with Crippen LogP contribution in [0.3, 0.4) is 0 Å². The molecule has 24 heavy (non-hydrogen) atoms. The van der Waals surface area contributed by atoms with Crippen LogP contribution in [0.2, 0.25) is 0 Å². The summed E-state index contributed by atoms with van der Waals surface area (Å²) in [4.78, 5) is 14.0. The van der Waals surface area contributed by atoms with Gasteiger partial charge in [0.05, 0.1) is 23.0 Å². The standard InChI is InChI=1S/C17H31N2O4S/c1-12(2)10-13-14(18-24-21)17(11-22-13)6-8-19(9-7-17)15(20)23-16(3,4)5/h12-14H,6-11H2,1-5H3,(H,18,21)/q+1/t13?,14-/m1/s1. The van der Waals surface area contributed by atoms with Crippen LogP contribution in [0, 0.1) is 11.3 Å². The molecule has 0 aromatic heterocycles. The van der Waals surface area contributed by atoms with Gasteiger partial charge in [0.15, 0.2) is 0 Å². The van der Waals surface area contributed by atoms with Crippen molar-refractivity contribution in [1.29, 1.82) is 0 Å². The molecule has 1 amide bonds. The predicted molar refractivity (Wildman–Crippen MR) is 93.6 cm³/mol. The minimum atomic E-state index is -0.478. The molecule has 2 saturated heterocycles. The number of carbonyl (C=O) groups is 1. The third kappa shape index (κ3) is 4.64. The van der Waals surface area contributed by atoms with Gasteiger partial charge in [-0.25, -0.2) is 4.79 Å². The van der Waals surface area contributed by atoms with Crippen molar-refractivity contribution in [2.45, 2.75) is 71.6 Å². The van der Waals surface area contributed by atoms with Crippen molar-refractivity contribution in [1.82, 2.24) is 9.62 Å². The zero-order valence-electron chi connectivity index (χ0n) is 15.5. The van der Waals surface area contributed by atoms with Gasteiger partial charge in [-0.3, -0.25) is 0 Å². The third-order valence-corrected chi connectivity index (χ3v) is 5.26. The van der Waals surface area contributed by atoms with Crippen LogP contribution in [-0.2, 0) is 25.5 Å². The van der Waals surface area contributed by atoms with Gasteiger partial charge < -0.3 is 14.4 Å². The van der Waals surface area contributed by atoms with E-state index in [1.54, 1.807) is 4.90 Å². The minimum Gasteiger partial charge on any atom is -0.444 e. The third-order valence-electron chi connectivity index (χ3n) is 4.91. The maximum atomic E-state index is 12.2. The molecule has 1 unspecified atom stereocenters. The molecule has 2 fully saturated rings. The summed E-state index contributed by atoms with van der Waals surface area (Å²) in [6.45, 7) is 11.9. The number of rotatable bonds is 4. The Morgan fingerprint density at radius 3 is 2.50 bits per heavy atom. The molecule has 0 radical (unpaired) electrons. The number of hydrogen-bond acceptors (Lipinski definition) is 4. The van der Waals surface area contributed by atoms with Crippen molar-refractivity contribution in [3.8, 4) is 0 Å². The van der Waals surface area contributed by atoms with Gasteiger partial charge in [0, 0.05) is 18.5 Å². The topological polar surface area (TPSA) is 67.9 Å². The molecule has 138 valence electrons. The smallest absolute Gasteiger partial charge is 0.444 e. The summed E-state index contributed by atoms with van der Waals surface area (Å²) in [7, 11) is 0. The molecule has 6 nitrogen and oxygen atoms in total. The molecule has 0 aromatic rings. The normalized spacial score (nSPS) is 26.8. The average Bonchev–Trinajstić information content (AvgIpc) is 2.76. The highest BCUT2D eigenvalue weighted by atomic mass is 32.2. The van der Waals surface area contributed by atoms with Crippen molar-refractivity contribution < 1.29 is 18.5 Å². The molecule has 0 aromatic carbocycles. The molecule has 0 bridgehead atoms. The van der Waals surface area contributed by atoms with Gasteiger partial charge in [0.25, 0.3) is 0 Å². The molecule has 1 spiro atoms. The molecule has 2 heterocycles. The molecule has 2 aliphatic rings. The summed E-state index contributed by atoms with van der Waals surface area (Å²) in [6, 6.07) is 0.0446. The minimum absolute atomic E-state index is 0.0446. The Morgan fingerprint density at radius 2 is 2.00 bits per heavy atom. The van der Waals surface area contributed by atoms with Gasteiger partial charge >= 0.3 is 17.9 Å². The van der Waals surface area contributed by atoms with Crippen LogP contribution >= 0.6 is 0 Å². The monoisotopic (exact) mass is 359 g/mol. The Morgan fingerprint density at radius 1 is 1.38 bits per heavy atom. The summed E-state index contributed by atoms with van der Waals surface area (Å²) in [6.07, 6.45) is 2.42. The second-order valence-corrected chi connectivity index (χ2v) is 8.89. The number of carbonyl (C=O) groups excluding carboxylic acids is 1. The average molecular weight is 360 g/mol. The van der Waals surface area contributed by atoms with Gasteiger partial charge in [0.1, 0.15) is 5.60 Å². The van der Waals surface area contributed by atoms with E-state index in [-0.39, 0.29) is 23.7 Å². The fourth-order valence-corrected chi connectivity index (χ4v) is 4.20. The van der Waals surface area contributed by atoms with Crippen LogP contribution in [0.4, 0.5) is 4.79 Å². The van der Waals surface area contributed by atoms with Crippen LogP contribution in [-0.4, -0.2) is 48.4 Å². The lowest BCUT2D eigenvalue weighted by molar-refractivity contribution is 0.00636. The van der Waals surface area contributed by atoms with Crippen LogP contribution in [0.1, 0.15) is 53.9 Å². The molecule has 0 aliphatic carbocycles. The fourth-order valence-electron chi connectivity index (χ4n) is 3.69. The van der Waals surface area contributed by atoms with E-state index in [1.165, 1.54) is 0 Å². The van der Waals surface area contributed by atoms with E-state index in [0.717, 1.165) is 19.3 Å². The second-order valence-electron chi connectivity index (χ2n) is 8.49. The van der Waals surface area contributed by atoms with Gasteiger partial charge in [-0.1, -0.05) is 13.8 Å². The fraction of sp³-hybridized carbons (Fsp3) is 0.941. The number of likely N-dealkylation sites (tertiary alicyclic amines) is 1. The highest BCUT2D eigenvalue weighted by molar-refractivity contribution is 7.63. The summed E-state index contributed by atoms with van der Waals surface area (Å²) in [5, 5.41) is 0. The number of hydrogen-bond donors (Lipinski definition) is 1. The van der Waals surface area contributed by atoms with Crippen molar-refractivity contribution in [2.75, 3.05) is 19.7 Å². The lowest BCUT2D eigenvalue weighted by Gasteiger charge is -2.41. The number of ether oxygens (including phenoxy) is 2. The van der Waals surface area contributed by atoms with Crippen molar-refractivity contribution in [3.63, 3.8) is 0 Å². The van der Waals surface area contributed by atoms with Crippen molar-refractivity contribution >= 4 is 17.9 Å².